The maximum atomic E-state index is 11.7. The Hall–Kier alpha value is -1.82. The molecule has 0 saturated carbocycles. The van der Waals surface area contributed by atoms with Crippen LogP contribution in [0.5, 0.6) is 0 Å². The summed E-state index contributed by atoms with van der Waals surface area (Å²) in [7, 11) is 1.78. The van der Waals surface area contributed by atoms with E-state index < -0.39 is 0 Å². The van der Waals surface area contributed by atoms with Gasteiger partial charge in [0.1, 0.15) is 6.54 Å². The third-order valence-corrected chi connectivity index (χ3v) is 2.86. The van der Waals surface area contributed by atoms with E-state index in [1.54, 1.807) is 28.8 Å². The summed E-state index contributed by atoms with van der Waals surface area (Å²) >= 11 is 5.94. The largest absolute Gasteiger partial charge is 0.349 e. The first-order valence-electron chi connectivity index (χ1n) is 5.49. The second-order valence-electron chi connectivity index (χ2n) is 3.99. The molecule has 0 bridgehead atoms. The Labute approximate surface area is 110 Å². The van der Waals surface area contributed by atoms with E-state index in [0.717, 1.165) is 11.4 Å². The Morgan fingerprint density at radius 1 is 1.56 bits per heavy atom. The minimum absolute atomic E-state index is 0.115. The number of amides is 1. The Bertz CT molecular complexity index is 540. The highest BCUT2D eigenvalue weighted by atomic mass is 35.5. The van der Waals surface area contributed by atoms with Crippen molar-refractivity contribution in [1.82, 2.24) is 24.9 Å². The Kier molecular flexibility index (Phi) is 3.66. The van der Waals surface area contributed by atoms with Crippen LogP contribution in [0.15, 0.2) is 18.5 Å². The Morgan fingerprint density at radius 3 is 2.89 bits per heavy atom. The third kappa shape index (κ3) is 2.89. The molecule has 0 radical (unpaired) electrons. The number of aryl methyl sites for hydroxylation is 2. The van der Waals surface area contributed by atoms with E-state index in [-0.39, 0.29) is 12.5 Å². The lowest BCUT2D eigenvalue weighted by atomic mass is 10.4. The number of nitrogens with one attached hydrogen (secondary N) is 1. The molecule has 0 atom stereocenters. The lowest BCUT2D eigenvalue weighted by Gasteiger charge is -2.06. The second-order valence-corrected chi connectivity index (χ2v) is 4.40. The normalized spacial score (nSPS) is 10.6. The van der Waals surface area contributed by atoms with Crippen LogP contribution in [0.1, 0.15) is 11.4 Å². The number of carbonyl (C=O) groups excluding carboxylic acids is 1. The number of nitrogens with zero attached hydrogens (tertiary/aromatic N) is 4. The van der Waals surface area contributed by atoms with Crippen molar-refractivity contribution in [2.24, 2.45) is 7.05 Å². The smallest absolute Gasteiger partial charge is 0.242 e. The summed E-state index contributed by atoms with van der Waals surface area (Å²) in [6.45, 7) is 2.43. The lowest BCUT2D eigenvalue weighted by Crippen LogP contribution is -2.28. The van der Waals surface area contributed by atoms with Crippen molar-refractivity contribution in [2.75, 3.05) is 0 Å². The fourth-order valence-electron chi connectivity index (χ4n) is 1.57. The summed E-state index contributed by atoms with van der Waals surface area (Å²) < 4.78 is 3.23. The molecular weight excluding hydrogens is 254 g/mol. The average Bonchev–Trinajstić information content (AvgIpc) is 2.84. The van der Waals surface area contributed by atoms with Crippen LogP contribution in [0.3, 0.4) is 0 Å². The highest BCUT2D eigenvalue weighted by molar-refractivity contribution is 6.31. The molecular formula is C11H14ClN5O. The maximum absolute atomic E-state index is 11.7. The van der Waals surface area contributed by atoms with Gasteiger partial charge >= 0.3 is 0 Å². The zero-order valence-electron chi connectivity index (χ0n) is 10.2. The average molecular weight is 268 g/mol. The molecule has 2 heterocycles. The molecule has 0 aliphatic heterocycles. The van der Waals surface area contributed by atoms with Crippen molar-refractivity contribution < 1.29 is 4.79 Å². The molecule has 2 aromatic rings. The van der Waals surface area contributed by atoms with Gasteiger partial charge in [-0.3, -0.25) is 14.2 Å². The van der Waals surface area contributed by atoms with Gasteiger partial charge in [0.05, 0.1) is 29.2 Å². The molecule has 0 spiro atoms. The van der Waals surface area contributed by atoms with Crippen LogP contribution in [0.25, 0.3) is 0 Å². The molecule has 2 aromatic heterocycles. The third-order valence-electron chi connectivity index (χ3n) is 2.54. The fourth-order valence-corrected chi connectivity index (χ4v) is 1.80. The molecule has 0 unspecified atom stereocenters. The number of carbonyl (C=O) groups is 1. The molecule has 0 fully saturated rings. The van der Waals surface area contributed by atoms with Crippen LogP contribution in [0.4, 0.5) is 0 Å². The zero-order valence-corrected chi connectivity index (χ0v) is 11.0. The number of aromatic nitrogens is 4. The van der Waals surface area contributed by atoms with E-state index in [4.69, 9.17) is 11.6 Å². The number of hydrogen-bond donors (Lipinski definition) is 1. The molecule has 7 heteroatoms. The van der Waals surface area contributed by atoms with E-state index in [1.165, 1.54) is 0 Å². The Balaban J connectivity index is 1.89. The van der Waals surface area contributed by atoms with Gasteiger partial charge in [-0.15, -0.1) is 0 Å². The summed E-state index contributed by atoms with van der Waals surface area (Å²) in [6, 6.07) is 1.85. The summed E-state index contributed by atoms with van der Waals surface area (Å²) in [6.07, 6.45) is 3.33. The van der Waals surface area contributed by atoms with E-state index >= 15 is 0 Å². The predicted octanol–water partition coefficient (Wildman–Crippen LogP) is 0.895. The van der Waals surface area contributed by atoms with Crippen LogP contribution in [0, 0.1) is 6.92 Å². The number of halogens is 1. The minimum atomic E-state index is -0.115. The van der Waals surface area contributed by atoms with Crippen molar-refractivity contribution >= 4 is 17.5 Å². The molecule has 18 heavy (non-hydrogen) atoms. The number of rotatable bonds is 4. The van der Waals surface area contributed by atoms with E-state index in [2.05, 4.69) is 15.5 Å². The van der Waals surface area contributed by atoms with E-state index in [0.29, 0.717) is 11.6 Å². The van der Waals surface area contributed by atoms with Crippen molar-refractivity contribution in [1.29, 1.82) is 0 Å². The first-order chi connectivity index (χ1) is 8.56. The predicted molar refractivity (Wildman–Crippen MR) is 67.0 cm³/mol. The van der Waals surface area contributed by atoms with Crippen LogP contribution < -0.4 is 5.32 Å². The van der Waals surface area contributed by atoms with Gasteiger partial charge in [-0.05, 0) is 13.0 Å². The lowest BCUT2D eigenvalue weighted by molar-refractivity contribution is -0.122. The van der Waals surface area contributed by atoms with E-state index in [1.807, 2.05) is 13.0 Å². The van der Waals surface area contributed by atoms with Gasteiger partial charge in [0, 0.05) is 13.2 Å². The summed E-state index contributed by atoms with van der Waals surface area (Å²) in [4.78, 5) is 11.7. The molecule has 6 nitrogen and oxygen atoms in total. The van der Waals surface area contributed by atoms with Crippen LogP contribution in [-0.2, 0) is 24.9 Å². The standard InChI is InChI=1S/C11H14ClN5O/c1-8-3-4-17(15-8)7-11(18)13-6-10-9(12)5-14-16(10)2/h3-5H,6-7H2,1-2H3,(H,13,18). The first-order valence-corrected chi connectivity index (χ1v) is 5.87. The molecule has 1 N–H and O–H groups in total. The monoisotopic (exact) mass is 267 g/mol. The van der Waals surface area contributed by atoms with E-state index in [9.17, 15) is 4.79 Å². The molecule has 0 aliphatic carbocycles. The zero-order chi connectivity index (χ0) is 13.1. The summed E-state index contributed by atoms with van der Waals surface area (Å²) in [5.74, 6) is -0.115. The SMILES string of the molecule is Cc1ccn(CC(=O)NCc2c(Cl)cnn2C)n1. The second kappa shape index (κ2) is 5.22. The van der Waals surface area contributed by atoms with Crippen LogP contribution in [-0.4, -0.2) is 25.5 Å². The van der Waals surface area contributed by atoms with Gasteiger partial charge in [-0.2, -0.15) is 10.2 Å². The summed E-state index contributed by atoms with van der Waals surface area (Å²) in [5.41, 5.74) is 1.67. The maximum Gasteiger partial charge on any atom is 0.242 e. The van der Waals surface area contributed by atoms with Gasteiger partial charge in [0.15, 0.2) is 0 Å². The van der Waals surface area contributed by atoms with Crippen molar-refractivity contribution in [3.05, 3.63) is 34.9 Å². The van der Waals surface area contributed by atoms with Crippen LogP contribution in [0.2, 0.25) is 5.02 Å². The molecule has 2 rings (SSSR count). The van der Waals surface area contributed by atoms with Crippen LogP contribution >= 0.6 is 11.6 Å². The quantitative estimate of drug-likeness (QED) is 0.895. The molecule has 0 aliphatic rings. The van der Waals surface area contributed by atoms with Gasteiger partial charge in [0.2, 0.25) is 5.91 Å². The fraction of sp³-hybridized carbons (Fsp3) is 0.364. The van der Waals surface area contributed by atoms with Crippen molar-refractivity contribution in [3.8, 4) is 0 Å². The Morgan fingerprint density at radius 2 is 2.33 bits per heavy atom. The van der Waals surface area contributed by atoms with Gasteiger partial charge in [-0.25, -0.2) is 0 Å². The van der Waals surface area contributed by atoms with Gasteiger partial charge in [0.25, 0.3) is 0 Å². The topological polar surface area (TPSA) is 64.7 Å². The molecule has 0 saturated heterocycles. The highest BCUT2D eigenvalue weighted by Crippen LogP contribution is 2.13. The van der Waals surface area contributed by atoms with Gasteiger partial charge in [-0.1, -0.05) is 11.6 Å². The molecule has 0 aromatic carbocycles. The first kappa shape index (κ1) is 12.6. The summed E-state index contributed by atoms with van der Waals surface area (Å²) in [5, 5.41) is 11.5. The molecule has 96 valence electrons. The van der Waals surface area contributed by atoms with Gasteiger partial charge < -0.3 is 5.32 Å². The highest BCUT2D eigenvalue weighted by Gasteiger charge is 2.08. The number of hydrogen-bond acceptors (Lipinski definition) is 3. The minimum Gasteiger partial charge on any atom is -0.349 e. The van der Waals surface area contributed by atoms with Crippen molar-refractivity contribution in [2.45, 2.75) is 20.0 Å². The molecule has 1 amide bonds. The van der Waals surface area contributed by atoms with Crippen molar-refractivity contribution in [3.63, 3.8) is 0 Å².